The van der Waals surface area contributed by atoms with E-state index in [1.165, 1.54) is 12.1 Å². The van der Waals surface area contributed by atoms with E-state index in [0.717, 1.165) is 23.1 Å². The van der Waals surface area contributed by atoms with Gasteiger partial charge in [0, 0.05) is 17.0 Å². The van der Waals surface area contributed by atoms with Gasteiger partial charge in [-0.3, -0.25) is 0 Å². The van der Waals surface area contributed by atoms with Crippen molar-refractivity contribution in [3.8, 4) is 0 Å². The molecule has 2 atom stereocenters. The molecule has 2 unspecified atom stereocenters. The van der Waals surface area contributed by atoms with Crippen LogP contribution in [0.1, 0.15) is 18.1 Å². The maximum Gasteiger partial charge on any atom is 0.124 e. The molecule has 4 heteroatoms. The molecule has 1 heterocycles. The minimum absolute atomic E-state index is 0.00461. The number of benzene rings is 1. The first kappa shape index (κ1) is 11.0. The lowest BCUT2D eigenvalue weighted by atomic mass is 9.95. The quantitative estimate of drug-likeness (QED) is 0.899. The lowest BCUT2D eigenvalue weighted by Gasteiger charge is -2.18. The smallest absolute Gasteiger partial charge is 0.124 e. The van der Waals surface area contributed by atoms with Crippen molar-refractivity contribution in [2.24, 2.45) is 11.7 Å². The monoisotopic (exact) mass is 273 g/mol. The molecule has 0 aliphatic carbocycles. The van der Waals surface area contributed by atoms with Crippen LogP contribution in [0.2, 0.25) is 0 Å². The van der Waals surface area contributed by atoms with E-state index in [4.69, 9.17) is 10.5 Å². The summed E-state index contributed by atoms with van der Waals surface area (Å²) in [5, 5.41) is 0. The molecule has 15 heavy (non-hydrogen) atoms. The van der Waals surface area contributed by atoms with E-state index >= 15 is 0 Å². The van der Waals surface area contributed by atoms with Crippen LogP contribution in [0.3, 0.4) is 0 Å². The zero-order chi connectivity index (χ0) is 10.8. The Bertz CT molecular complexity index is 358. The Morgan fingerprint density at radius 1 is 1.53 bits per heavy atom. The molecule has 0 radical (unpaired) electrons. The predicted molar refractivity (Wildman–Crippen MR) is 60.0 cm³/mol. The second-order valence-corrected chi connectivity index (χ2v) is 4.60. The first-order valence-corrected chi connectivity index (χ1v) is 5.78. The van der Waals surface area contributed by atoms with Gasteiger partial charge < -0.3 is 10.5 Å². The van der Waals surface area contributed by atoms with E-state index in [1.807, 2.05) is 0 Å². The van der Waals surface area contributed by atoms with E-state index in [9.17, 15) is 4.39 Å². The molecular weight excluding hydrogens is 261 g/mol. The highest BCUT2D eigenvalue weighted by molar-refractivity contribution is 9.10. The molecule has 0 spiro atoms. The maximum atomic E-state index is 12.9. The van der Waals surface area contributed by atoms with E-state index in [1.54, 1.807) is 6.07 Å². The molecule has 0 bridgehead atoms. The topological polar surface area (TPSA) is 35.2 Å². The van der Waals surface area contributed by atoms with Crippen LogP contribution in [-0.2, 0) is 4.74 Å². The molecule has 0 aromatic heterocycles. The summed E-state index contributed by atoms with van der Waals surface area (Å²) in [7, 11) is 0. The lowest BCUT2D eigenvalue weighted by Crippen LogP contribution is -2.18. The van der Waals surface area contributed by atoms with Crippen LogP contribution < -0.4 is 5.73 Å². The molecule has 1 aromatic rings. The first-order valence-electron chi connectivity index (χ1n) is 4.99. The fourth-order valence-electron chi connectivity index (χ4n) is 1.95. The van der Waals surface area contributed by atoms with Crippen molar-refractivity contribution in [2.75, 3.05) is 13.2 Å². The zero-order valence-corrected chi connectivity index (χ0v) is 9.84. The van der Waals surface area contributed by atoms with Crippen molar-refractivity contribution in [3.63, 3.8) is 0 Å². The summed E-state index contributed by atoms with van der Waals surface area (Å²) in [6.45, 7) is 1.34. The van der Waals surface area contributed by atoms with Gasteiger partial charge in [-0.2, -0.15) is 0 Å². The average Bonchev–Trinajstić information content (AvgIpc) is 2.65. The Morgan fingerprint density at radius 3 is 3.00 bits per heavy atom. The predicted octanol–water partition coefficient (Wildman–Crippen LogP) is 2.62. The molecule has 82 valence electrons. The third-order valence-electron chi connectivity index (χ3n) is 2.79. The SMILES string of the molecule is NCC1CCOC1c1ccc(F)cc1Br. The molecule has 0 saturated carbocycles. The number of hydrogen-bond donors (Lipinski definition) is 1. The standard InChI is InChI=1S/C11H13BrFNO/c12-10-5-8(13)1-2-9(10)11-7(6-14)3-4-15-11/h1-2,5,7,11H,3-4,6,14H2. The van der Waals surface area contributed by atoms with Crippen molar-refractivity contribution < 1.29 is 9.13 Å². The van der Waals surface area contributed by atoms with Crippen LogP contribution in [0, 0.1) is 11.7 Å². The minimum Gasteiger partial charge on any atom is -0.373 e. The summed E-state index contributed by atoms with van der Waals surface area (Å²) in [5.41, 5.74) is 6.66. The normalized spacial score (nSPS) is 25.8. The fraction of sp³-hybridized carbons (Fsp3) is 0.455. The van der Waals surface area contributed by atoms with E-state index in [-0.39, 0.29) is 11.9 Å². The van der Waals surface area contributed by atoms with Gasteiger partial charge in [0.05, 0.1) is 6.10 Å². The summed E-state index contributed by atoms with van der Waals surface area (Å²) in [6, 6.07) is 4.68. The van der Waals surface area contributed by atoms with Gasteiger partial charge in [-0.25, -0.2) is 4.39 Å². The molecular formula is C11H13BrFNO. The molecule has 2 N–H and O–H groups in total. The van der Waals surface area contributed by atoms with Gasteiger partial charge in [0.1, 0.15) is 5.82 Å². The Labute approximate surface area is 96.7 Å². The molecule has 2 rings (SSSR count). The van der Waals surface area contributed by atoms with Crippen LogP contribution >= 0.6 is 15.9 Å². The number of rotatable bonds is 2. The Balaban J connectivity index is 2.28. The summed E-state index contributed by atoms with van der Waals surface area (Å²) < 4.78 is 19.3. The summed E-state index contributed by atoms with van der Waals surface area (Å²) in [4.78, 5) is 0. The average molecular weight is 274 g/mol. The van der Waals surface area contributed by atoms with Crippen molar-refractivity contribution in [2.45, 2.75) is 12.5 Å². The van der Waals surface area contributed by atoms with Gasteiger partial charge in [0.25, 0.3) is 0 Å². The summed E-state index contributed by atoms with van der Waals surface area (Å²) in [6.07, 6.45) is 0.982. The Hall–Kier alpha value is -0.450. The third-order valence-corrected chi connectivity index (χ3v) is 3.47. The highest BCUT2D eigenvalue weighted by Gasteiger charge is 2.29. The number of ether oxygens (including phenoxy) is 1. The van der Waals surface area contributed by atoms with Crippen LogP contribution in [0.5, 0.6) is 0 Å². The van der Waals surface area contributed by atoms with Gasteiger partial charge >= 0.3 is 0 Å². The number of halogens is 2. The van der Waals surface area contributed by atoms with E-state index in [2.05, 4.69) is 15.9 Å². The third kappa shape index (κ3) is 2.22. The molecule has 1 aromatic carbocycles. The second-order valence-electron chi connectivity index (χ2n) is 3.74. The van der Waals surface area contributed by atoms with Gasteiger partial charge in [0.2, 0.25) is 0 Å². The Kier molecular flexibility index (Phi) is 3.38. The molecule has 1 saturated heterocycles. The first-order chi connectivity index (χ1) is 7.22. The van der Waals surface area contributed by atoms with E-state index in [0.29, 0.717) is 12.5 Å². The highest BCUT2D eigenvalue weighted by Crippen LogP contribution is 2.37. The summed E-state index contributed by atoms with van der Waals surface area (Å²) in [5.74, 6) is 0.0969. The van der Waals surface area contributed by atoms with Gasteiger partial charge in [-0.05, 0) is 30.7 Å². The molecule has 1 aliphatic rings. The minimum atomic E-state index is -0.243. The van der Waals surface area contributed by atoms with E-state index < -0.39 is 0 Å². The molecule has 0 amide bonds. The number of nitrogens with two attached hydrogens (primary N) is 1. The zero-order valence-electron chi connectivity index (χ0n) is 8.25. The molecule has 1 aliphatic heterocycles. The van der Waals surface area contributed by atoms with Crippen molar-refractivity contribution in [1.29, 1.82) is 0 Å². The lowest BCUT2D eigenvalue weighted by molar-refractivity contribution is 0.0918. The Morgan fingerprint density at radius 2 is 2.33 bits per heavy atom. The van der Waals surface area contributed by atoms with Crippen molar-refractivity contribution in [3.05, 3.63) is 34.1 Å². The van der Waals surface area contributed by atoms with Crippen LogP contribution in [-0.4, -0.2) is 13.2 Å². The van der Waals surface area contributed by atoms with Gasteiger partial charge in [-0.1, -0.05) is 22.0 Å². The molecule has 2 nitrogen and oxygen atoms in total. The highest BCUT2D eigenvalue weighted by atomic mass is 79.9. The van der Waals surface area contributed by atoms with Crippen LogP contribution in [0.4, 0.5) is 4.39 Å². The van der Waals surface area contributed by atoms with Crippen LogP contribution in [0.15, 0.2) is 22.7 Å². The number of hydrogen-bond acceptors (Lipinski definition) is 2. The fourth-order valence-corrected chi connectivity index (χ4v) is 2.53. The summed E-state index contributed by atoms with van der Waals surface area (Å²) >= 11 is 3.35. The van der Waals surface area contributed by atoms with Crippen molar-refractivity contribution in [1.82, 2.24) is 0 Å². The van der Waals surface area contributed by atoms with Gasteiger partial charge in [-0.15, -0.1) is 0 Å². The largest absolute Gasteiger partial charge is 0.373 e. The second kappa shape index (κ2) is 4.60. The van der Waals surface area contributed by atoms with Crippen molar-refractivity contribution >= 4 is 15.9 Å². The van der Waals surface area contributed by atoms with Gasteiger partial charge in [0.15, 0.2) is 0 Å². The van der Waals surface area contributed by atoms with Crippen LogP contribution in [0.25, 0.3) is 0 Å². The molecule has 1 fully saturated rings. The maximum absolute atomic E-state index is 12.9.